The molecule has 1 atom stereocenters. The first-order chi connectivity index (χ1) is 12.5. The first kappa shape index (κ1) is 22.3. The van der Waals surface area contributed by atoms with Crippen molar-refractivity contribution in [2.75, 3.05) is 32.8 Å². The molecule has 0 bridgehead atoms. The highest BCUT2D eigenvalue weighted by atomic mass is 79.9. The Bertz CT molecular complexity index is 843. The number of nitrogens with zero attached hydrogens (tertiary/aromatic N) is 1. The third-order valence-corrected chi connectivity index (χ3v) is 6.59. The van der Waals surface area contributed by atoms with Crippen LogP contribution in [0.25, 0.3) is 0 Å². The third kappa shape index (κ3) is 6.01. The van der Waals surface area contributed by atoms with Gasteiger partial charge in [-0.15, -0.1) is 12.4 Å². The highest BCUT2D eigenvalue weighted by Crippen LogP contribution is 2.24. The normalized spacial score (nSPS) is 16.5. The third-order valence-electron chi connectivity index (χ3n) is 4.48. The number of nitrogens with one attached hydrogen (secondary N) is 1. The number of sulfonamides is 1. The van der Waals surface area contributed by atoms with E-state index in [2.05, 4.69) is 25.6 Å². The number of hydrogen-bond acceptors (Lipinski definition) is 4. The molecule has 0 radical (unpaired) electrons. The molecular formula is C19H24BrClN2O3S. The van der Waals surface area contributed by atoms with Crippen LogP contribution in [0.3, 0.4) is 0 Å². The number of rotatable bonds is 6. The number of halogens is 2. The van der Waals surface area contributed by atoms with Crippen LogP contribution < -0.4 is 4.72 Å². The van der Waals surface area contributed by atoms with Crippen molar-refractivity contribution in [1.82, 2.24) is 9.62 Å². The minimum absolute atomic E-state index is 0. The lowest BCUT2D eigenvalue weighted by Crippen LogP contribution is -2.43. The van der Waals surface area contributed by atoms with Gasteiger partial charge in [-0.25, -0.2) is 13.1 Å². The van der Waals surface area contributed by atoms with Gasteiger partial charge < -0.3 is 4.74 Å². The van der Waals surface area contributed by atoms with Crippen LogP contribution in [0.15, 0.2) is 57.9 Å². The number of morpholine rings is 1. The van der Waals surface area contributed by atoms with Crippen LogP contribution in [0, 0.1) is 6.92 Å². The minimum Gasteiger partial charge on any atom is -0.379 e. The van der Waals surface area contributed by atoms with Crippen LogP contribution in [0.5, 0.6) is 0 Å². The van der Waals surface area contributed by atoms with E-state index >= 15 is 0 Å². The molecule has 1 aliphatic rings. The second-order valence-electron chi connectivity index (χ2n) is 6.41. The largest absolute Gasteiger partial charge is 0.379 e. The summed E-state index contributed by atoms with van der Waals surface area (Å²) in [6.07, 6.45) is 0. The summed E-state index contributed by atoms with van der Waals surface area (Å²) in [4.78, 5) is 2.53. The van der Waals surface area contributed by atoms with E-state index in [0.717, 1.165) is 28.7 Å². The molecule has 0 saturated carbocycles. The van der Waals surface area contributed by atoms with Gasteiger partial charge in [0.15, 0.2) is 0 Å². The van der Waals surface area contributed by atoms with Crippen molar-refractivity contribution in [2.45, 2.75) is 17.9 Å². The molecule has 0 spiro atoms. The van der Waals surface area contributed by atoms with Gasteiger partial charge in [-0.3, -0.25) is 4.90 Å². The number of hydrogen-bond donors (Lipinski definition) is 1. The van der Waals surface area contributed by atoms with Gasteiger partial charge in [0.25, 0.3) is 0 Å². The summed E-state index contributed by atoms with van der Waals surface area (Å²) < 4.78 is 35.2. The van der Waals surface area contributed by atoms with Crippen LogP contribution in [-0.4, -0.2) is 46.2 Å². The van der Waals surface area contributed by atoms with Crippen LogP contribution >= 0.6 is 28.3 Å². The lowest BCUT2D eigenvalue weighted by Gasteiger charge is -2.31. The molecule has 1 heterocycles. The first-order valence-electron chi connectivity index (χ1n) is 8.59. The Balaban J connectivity index is 0.00000261. The molecule has 0 amide bonds. The topological polar surface area (TPSA) is 58.6 Å². The Morgan fingerprint density at radius 2 is 1.81 bits per heavy atom. The van der Waals surface area contributed by atoms with E-state index in [1.165, 1.54) is 0 Å². The maximum atomic E-state index is 13.1. The van der Waals surface area contributed by atoms with Gasteiger partial charge in [0.2, 0.25) is 10.0 Å². The molecule has 3 rings (SSSR count). The van der Waals surface area contributed by atoms with E-state index in [4.69, 9.17) is 4.74 Å². The van der Waals surface area contributed by atoms with Crippen molar-refractivity contribution in [2.24, 2.45) is 0 Å². The summed E-state index contributed by atoms with van der Waals surface area (Å²) in [5, 5.41) is 0. The van der Waals surface area contributed by atoms with E-state index in [9.17, 15) is 8.42 Å². The quantitative estimate of drug-likeness (QED) is 0.694. The molecule has 1 unspecified atom stereocenters. The second kappa shape index (κ2) is 10.0. The van der Waals surface area contributed by atoms with Gasteiger partial charge in [-0.1, -0.05) is 52.3 Å². The highest BCUT2D eigenvalue weighted by molar-refractivity contribution is 9.10. The van der Waals surface area contributed by atoms with Gasteiger partial charge in [0.05, 0.1) is 24.2 Å². The molecule has 1 N–H and O–H groups in total. The molecule has 0 aromatic heterocycles. The predicted octanol–water partition coefficient (Wildman–Crippen LogP) is 3.53. The average Bonchev–Trinajstić information content (AvgIpc) is 2.64. The van der Waals surface area contributed by atoms with E-state index in [1.54, 1.807) is 19.1 Å². The molecule has 2 aromatic carbocycles. The van der Waals surface area contributed by atoms with Crippen molar-refractivity contribution in [3.8, 4) is 0 Å². The van der Waals surface area contributed by atoms with Crippen molar-refractivity contribution in [3.05, 3.63) is 64.1 Å². The number of benzene rings is 2. The molecule has 8 heteroatoms. The summed E-state index contributed by atoms with van der Waals surface area (Å²) in [7, 11) is -3.65. The van der Waals surface area contributed by atoms with Crippen LogP contribution in [0.2, 0.25) is 0 Å². The molecule has 27 heavy (non-hydrogen) atoms. The van der Waals surface area contributed by atoms with Crippen LogP contribution in [0.1, 0.15) is 17.2 Å². The fourth-order valence-electron chi connectivity index (χ4n) is 3.05. The van der Waals surface area contributed by atoms with Crippen molar-refractivity contribution in [3.63, 3.8) is 0 Å². The van der Waals surface area contributed by atoms with Crippen molar-refractivity contribution >= 4 is 38.4 Å². The molecule has 1 aliphatic heterocycles. The predicted molar refractivity (Wildman–Crippen MR) is 113 cm³/mol. The van der Waals surface area contributed by atoms with Crippen molar-refractivity contribution in [1.29, 1.82) is 0 Å². The summed E-state index contributed by atoms with van der Waals surface area (Å²) in [5.74, 6) is 0. The zero-order valence-corrected chi connectivity index (χ0v) is 18.3. The fourth-order valence-corrected chi connectivity index (χ4v) is 5.05. The van der Waals surface area contributed by atoms with E-state index < -0.39 is 10.0 Å². The Morgan fingerprint density at radius 3 is 2.48 bits per heavy atom. The lowest BCUT2D eigenvalue weighted by atomic mass is 10.1. The van der Waals surface area contributed by atoms with Gasteiger partial charge in [0.1, 0.15) is 0 Å². The van der Waals surface area contributed by atoms with Gasteiger partial charge >= 0.3 is 0 Å². The van der Waals surface area contributed by atoms with Crippen molar-refractivity contribution < 1.29 is 13.2 Å². The molecular weight excluding hydrogens is 452 g/mol. The zero-order valence-electron chi connectivity index (χ0n) is 15.1. The first-order valence-corrected chi connectivity index (χ1v) is 10.9. The highest BCUT2D eigenvalue weighted by Gasteiger charge is 2.25. The van der Waals surface area contributed by atoms with Crippen LogP contribution in [0.4, 0.5) is 0 Å². The fraction of sp³-hybridized carbons (Fsp3) is 0.368. The standard InChI is InChI=1S/C19H23BrN2O3S.ClH/c1-15-7-8-17(20)13-19(15)26(23,24)21-18(16-5-3-2-4-6-16)14-22-9-11-25-12-10-22;/h2-8,13,18,21H,9-12,14H2,1H3;1H. The Kier molecular flexibility index (Phi) is 8.27. The summed E-state index contributed by atoms with van der Waals surface area (Å²) in [5.41, 5.74) is 1.68. The van der Waals surface area contributed by atoms with Gasteiger partial charge in [-0.2, -0.15) is 0 Å². The summed E-state index contributed by atoms with van der Waals surface area (Å²) >= 11 is 3.37. The molecule has 5 nitrogen and oxygen atoms in total. The molecule has 148 valence electrons. The number of ether oxygens (including phenoxy) is 1. The van der Waals surface area contributed by atoms with Crippen LogP contribution in [-0.2, 0) is 14.8 Å². The Hall–Kier alpha value is -0.960. The molecule has 0 aliphatic carbocycles. The Labute approximate surface area is 175 Å². The summed E-state index contributed by atoms with van der Waals surface area (Å²) in [6, 6.07) is 14.7. The average molecular weight is 476 g/mol. The smallest absolute Gasteiger partial charge is 0.241 e. The SMILES string of the molecule is Cc1ccc(Br)cc1S(=O)(=O)NC(CN1CCOCC1)c1ccccc1.Cl. The van der Waals surface area contributed by atoms with Gasteiger partial charge in [-0.05, 0) is 30.2 Å². The molecule has 2 aromatic rings. The maximum Gasteiger partial charge on any atom is 0.241 e. The lowest BCUT2D eigenvalue weighted by molar-refractivity contribution is 0.0345. The van der Waals surface area contributed by atoms with E-state index in [0.29, 0.717) is 24.7 Å². The maximum absolute atomic E-state index is 13.1. The molecule has 1 fully saturated rings. The zero-order chi connectivity index (χ0) is 18.6. The Morgan fingerprint density at radius 1 is 1.15 bits per heavy atom. The van der Waals surface area contributed by atoms with E-state index in [-0.39, 0.29) is 18.4 Å². The van der Waals surface area contributed by atoms with Gasteiger partial charge in [0, 0.05) is 24.1 Å². The second-order valence-corrected chi connectivity index (χ2v) is 9.01. The molecule has 1 saturated heterocycles. The summed E-state index contributed by atoms with van der Waals surface area (Å²) in [6.45, 7) is 5.39. The van der Waals surface area contributed by atoms with E-state index in [1.807, 2.05) is 36.4 Å². The monoisotopic (exact) mass is 474 g/mol. The number of aryl methyl sites for hydroxylation is 1. The minimum atomic E-state index is -3.65.